The van der Waals surface area contributed by atoms with E-state index in [4.69, 9.17) is 0 Å². The zero-order chi connectivity index (χ0) is 14.8. The largest absolute Gasteiger partial charge is 0.316 e. The van der Waals surface area contributed by atoms with Crippen molar-refractivity contribution < 1.29 is 0 Å². The fourth-order valence-corrected chi connectivity index (χ4v) is 3.05. The van der Waals surface area contributed by atoms with E-state index in [2.05, 4.69) is 95.5 Å². The van der Waals surface area contributed by atoms with Gasteiger partial charge in [0, 0.05) is 11.7 Å². The van der Waals surface area contributed by atoms with Gasteiger partial charge in [-0.2, -0.15) is 0 Å². The molecule has 0 aliphatic heterocycles. The Morgan fingerprint density at radius 3 is 2.14 bits per heavy atom. The third-order valence-corrected chi connectivity index (χ3v) is 4.04. The molecule has 2 aromatic carbocycles. The van der Waals surface area contributed by atoms with Crippen LogP contribution in [0.2, 0.25) is 0 Å². The van der Waals surface area contributed by atoms with E-state index in [9.17, 15) is 0 Å². The lowest BCUT2D eigenvalue weighted by molar-refractivity contribution is 1.15. The predicted molar refractivity (Wildman–Crippen MR) is 92.1 cm³/mol. The van der Waals surface area contributed by atoms with Crippen LogP contribution in [0.1, 0.15) is 11.1 Å². The minimum Gasteiger partial charge on any atom is -0.316 e. The minimum atomic E-state index is 0.951. The van der Waals surface area contributed by atoms with Crippen molar-refractivity contribution in [2.24, 2.45) is 0 Å². The van der Waals surface area contributed by atoms with Crippen molar-refractivity contribution in [2.75, 3.05) is 0 Å². The molecule has 0 atom stereocenters. The summed E-state index contributed by atoms with van der Waals surface area (Å²) < 4.78 is 2.29. The van der Waals surface area contributed by atoms with Crippen LogP contribution in [0.3, 0.4) is 0 Å². The molecule has 4 aromatic rings. The van der Waals surface area contributed by atoms with E-state index < -0.39 is 0 Å². The fraction of sp³-hybridized carbons (Fsp3) is 0.0476. The smallest absolute Gasteiger partial charge is 0.0563 e. The van der Waals surface area contributed by atoms with Gasteiger partial charge in [0.25, 0.3) is 0 Å². The number of hydrogen-bond acceptors (Lipinski definition) is 0. The van der Waals surface area contributed by atoms with Crippen molar-refractivity contribution >= 4 is 5.52 Å². The number of pyridine rings is 1. The van der Waals surface area contributed by atoms with Gasteiger partial charge in [0.1, 0.15) is 0 Å². The molecule has 0 unspecified atom stereocenters. The molecule has 22 heavy (non-hydrogen) atoms. The maximum atomic E-state index is 2.30. The van der Waals surface area contributed by atoms with Crippen molar-refractivity contribution in [1.29, 1.82) is 0 Å². The molecule has 0 spiro atoms. The van der Waals surface area contributed by atoms with Crippen LogP contribution in [0, 0.1) is 0 Å². The fourth-order valence-electron chi connectivity index (χ4n) is 3.05. The minimum absolute atomic E-state index is 0.951. The molecule has 0 radical (unpaired) electrons. The van der Waals surface area contributed by atoms with E-state index in [1.54, 1.807) is 0 Å². The van der Waals surface area contributed by atoms with Crippen LogP contribution in [-0.4, -0.2) is 4.40 Å². The van der Waals surface area contributed by atoms with Gasteiger partial charge < -0.3 is 4.40 Å². The highest BCUT2D eigenvalue weighted by molar-refractivity contribution is 5.72. The van der Waals surface area contributed by atoms with Gasteiger partial charge in [0.15, 0.2) is 0 Å². The van der Waals surface area contributed by atoms with Gasteiger partial charge in [-0.05, 0) is 41.3 Å². The molecule has 0 fully saturated rings. The van der Waals surface area contributed by atoms with E-state index in [-0.39, 0.29) is 0 Å². The van der Waals surface area contributed by atoms with E-state index in [0.29, 0.717) is 0 Å². The van der Waals surface area contributed by atoms with E-state index in [1.165, 1.54) is 27.9 Å². The van der Waals surface area contributed by atoms with E-state index >= 15 is 0 Å². The zero-order valence-electron chi connectivity index (χ0n) is 12.3. The number of benzene rings is 2. The van der Waals surface area contributed by atoms with Crippen LogP contribution in [0.4, 0.5) is 0 Å². The molecule has 2 aromatic heterocycles. The number of hydrogen-bond donors (Lipinski definition) is 0. The summed E-state index contributed by atoms with van der Waals surface area (Å²) in [4.78, 5) is 0. The Bertz CT molecular complexity index is 889. The Labute approximate surface area is 130 Å². The summed E-state index contributed by atoms with van der Waals surface area (Å²) in [5.41, 5.74) is 6.51. The number of nitrogens with zero attached hydrogens (tertiary/aromatic N) is 1. The first-order valence-corrected chi connectivity index (χ1v) is 7.60. The highest BCUT2D eigenvalue weighted by Gasteiger charge is 2.12. The average Bonchev–Trinajstić information content (AvgIpc) is 2.94. The second-order valence-corrected chi connectivity index (χ2v) is 5.54. The number of fused-ring (bicyclic) bond motifs is 1. The third-order valence-electron chi connectivity index (χ3n) is 4.04. The summed E-state index contributed by atoms with van der Waals surface area (Å²) in [6.07, 6.45) is 3.10. The number of aromatic nitrogens is 1. The molecule has 1 heteroatoms. The van der Waals surface area contributed by atoms with Crippen molar-refractivity contribution in [1.82, 2.24) is 4.40 Å². The van der Waals surface area contributed by atoms with Gasteiger partial charge in [-0.1, -0.05) is 66.7 Å². The quantitative estimate of drug-likeness (QED) is 0.487. The summed E-state index contributed by atoms with van der Waals surface area (Å²) in [5.74, 6) is 0. The molecule has 0 amide bonds. The third kappa shape index (κ3) is 2.31. The number of rotatable bonds is 3. The lowest BCUT2D eigenvalue weighted by Crippen LogP contribution is -1.92. The molecule has 2 heterocycles. The van der Waals surface area contributed by atoms with Gasteiger partial charge in [-0.15, -0.1) is 0 Å². The van der Waals surface area contributed by atoms with Gasteiger partial charge in [-0.25, -0.2) is 0 Å². The highest BCUT2D eigenvalue weighted by atomic mass is 14.9. The highest BCUT2D eigenvalue weighted by Crippen LogP contribution is 2.29. The first kappa shape index (κ1) is 12.9. The lowest BCUT2D eigenvalue weighted by Gasteiger charge is -2.07. The summed E-state index contributed by atoms with van der Waals surface area (Å²) in [5, 5.41) is 0. The van der Waals surface area contributed by atoms with Crippen LogP contribution in [0.5, 0.6) is 0 Å². The SMILES string of the molecule is c1ccc(Cc2cc3ccccn3c2-c2ccccc2)cc1. The maximum Gasteiger partial charge on any atom is 0.0563 e. The van der Waals surface area contributed by atoms with Crippen molar-refractivity contribution in [3.63, 3.8) is 0 Å². The van der Waals surface area contributed by atoms with Gasteiger partial charge in [0.05, 0.1) is 5.69 Å². The molecular formula is C21H17N. The molecule has 0 saturated carbocycles. The summed E-state index contributed by atoms with van der Waals surface area (Å²) in [7, 11) is 0. The summed E-state index contributed by atoms with van der Waals surface area (Å²) in [6.45, 7) is 0. The molecule has 0 saturated heterocycles. The topological polar surface area (TPSA) is 4.41 Å². The Morgan fingerprint density at radius 2 is 1.36 bits per heavy atom. The van der Waals surface area contributed by atoms with Gasteiger partial charge in [0.2, 0.25) is 0 Å². The van der Waals surface area contributed by atoms with Gasteiger partial charge in [-0.3, -0.25) is 0 Å². The second kappa shape index (κ2) is 5.53. The Kier molecular flexibility index (Phi) is 3.24. The molecule has 0 bridgehead atoms. The van der Waals surface area contributed by atoms with E-state index in [1.807, 2.05) is 0 Å². The van der Waals surface area contributed by atoms with Crippen LogP contribution in [0.15, 0.2) is 91.1 Å². The average molecular weight is 283 g/mol. The zero-order valence-corrected chi connectivity index (χ0v) is 12.3. The second-order valence-electron chi connectivity index (χ2n) is 5.54. The molecular weight excluding hydrogens is 266 g/mol. The van der Waals surface area contributed by atoms with Crippen molar-refractivity contribution in [3.05, 3.63) is 102 Å². The Balaban J connectivity index is 1.90. The normalized spacial score (nSPS) is 10.9. The Hall–Kier alpha value is -2.80. The molecule has 106 valence electrons. The molecule has 1 nitrogen and oxygen atoms in total. The Morgan fingerprint density at radius 1 is 0.682 bits per heavy atom. The molecule has 0 N–H and O–H groups in total. The lowest BCUT2D eigenvalue weighted by atomic mass is 10.0. The molecule has 0 aliphatic rings. The maximum absolute atomic E-state index is 2.30. The van der Waals surface area contributed by atoms with Crippen LogP contribution >= 0.6 is 0 Å². The van der Waals surface area contributed by atoms with E-state index in [0.717, 1.165) is 6.42 Å². The first-order valence-electron chi connectivity index (χ1n) is 7.60. The van der Waals surface area contributed by atoms with Crippen LogP contribution in [0.25, 0.3) is 16.8 Å². The van der Waals surface area contributed by atoms with Crippen LogP contribution in [-0.2, 0) is 6.42 Å². The van der Waals surface area contributed by atoms with Gasteiger partial charge >= 0.3 is 0 Å². The standard InChI is InChI=1S/C21H17N/c1-3-9-17(10-4-1)15-19-16-20-13-7-8-14-22(20)21(19)18-11-5-2-6-12-18/h1-14,16H,15H2. The van der Waals surface area contributed by atoms with Crippen molar-refractivity contribution in [2.45, 2.75) is 6.42 Å². The summed E-state index contributed by atoms with van der Waals surface area (Å²) in [6, 6.07) is 29.9. The molecule has 0 aliphatic carbocycles. The van der Waals surface area contributed by atoms with Crippen LogP contribution < -0.4 is 0 Å². The predicted octanol–water partition coefficient (Wildman–Crippen LogP) is 5.20. The monoisotopic (exact) mass is 283 g/mol. The first-order chi connectivity index (χ1) is 10.9. The summed E-state index contributed by atoms with van der Waals surface area (Å²) >= 11 is 0. The molecule has 4 rings (SSSR count). The van der Waals surface area contributed by atoms with Crippen molar-refractivity contribution in [3.8, 4) is 11.3 Å².